The van der Waals surface area contributed by atoms with E-state index in [9.17, 15) is 4.79 Å². The van der Waals surface area contributed by atoms with Gasteiger partial charge in [-0.25, -0.2) is 4.98 Å². The maximum atomic E-state index is 12.6. The fourth-order valence-corrected chi connectivity index (χ4v) is 4.37. The smallest absolute Gasteiger partial charge is 0.267 e. The number of nitrogens with zero attached hydrogens (tertiary/aromatic N) is 2. The number of thiazole rings is 1. The van der Waals surface area contributed by atoms with Crippen LogP contribution in [0.25, 0.3) is 0 Å². The first-order valence-electron chi connectivity index (χ1n) is 9.15. The van der Waals surface area contributed by atoms with Gasteiger partial charge in [-0.3, -0.25) is 4.79 Å². The van der Waals surface area contributed by atoms with Crippen molar-refractivity contribution in [1.82, 2.24) is 4.98 Å². The summed E-state index contributed by atoms with van der Waals surface area (Å²) in [7, 11) is 0. The molecule has 1 aliphatic heterocycles. The number of rotatable bonds is 5. The monoisotopic (exact) mass is 357 g/mol. The van der Waals surface area contributed by atoms with E-state index >= 15 is 0 Å². The lowest BCUT2D eigenvalue weighted by Crippen LogP contribution is -2.29. The molecule has 0 atom stereocenters. The minimum absolute atomic E-state index is 0.0595. The maximum Gasteiger partial charge on any atom is 0.267 e. The lowest BCUT2D eigenvalue weighted by atomic mass is 10.1. The summed E-state index contributed by atoms with van der Waals surface area (Å²) in [5.41, 5.74) is 2.90. The number of aryl methyl sites for hydroxylation is 1. The molecule has 1 fully saturated rings. The molecule has 1 saturated heterocycles. The van der Waals surface area contributed by atoms with Crippen molar-refractivity contribution in [3.63, 3.8) is 0 Å². The van der Waals surface area contributed by atoms with Crippen LogP contribution in [-0.2, 0) is 6.42 Å². The van der Waals surface area contributed by atoms with Gasteiger partial charge < -0.3 is 10.2 Å². The average Bonchev–Trinajstić information content (AvgIpc) is 2.96. The van der Waals surface area contributed by atoms with Crippen LogP contribution in [0.2, 0.25) is 0 Å². The van der Waals surface area contributed by atoms with Crippen LogP contribution in [0, 0.1) is 12.8 Å². The van der Waals surface area contributed by atoms with Gasteiger partial charge in [0.2, 0.25) is 0 Å². The number of amides is 1. The number of aromatic nitrogens is 1. The summed E-state index contributed by atoms with van der Waals surface area (Å²) in [6, 6.07) is 8.19. The van der Waals surface area contributed by atoms with Crippen LogP contribution >= 0.6 is 11.3 Å². The molecule has 134 valence electrons. The van der Waals surface area contributed by atoms with Crippen LogP contribution in [-0.4, -0.2) is 24.0 Å². The third-order valence-corrected chi connectivity index (χ3v) is 5.65. The summed E-state index contributed by atoms with van der Waals surface area (Å²) in [6.45, 7) is 8.50. The number of hydrogen-bond acceptors (Lipinski definition) is 4. The Hall–Kier alpha value is -1.88. The van der Waals surface area contributed by atoms with Crippen molar-refractivity contribution in [2.75, 3.05) is 23.3 Å². The van der Waals surface area contributed by atoms with Crippen molar-refractivity contribution in [2.24, 2.45) is 5.92 Å². The second kappa shape index (κ2) is 8.00. The Bertz CT molecular complexity index is 715. The zero-order valence-corrected chi connectivity index (χ0v) is 16.2. The van der Waals surface area contributed by atoms with Gasteiger partial charge in [0, 0.05) is 30.9 Å². The Kier molecular flexibility index (Phi) is 5.74. The minimum Gasteiger partial charge on any atom is -0.372 e. The van der Waals surface area contributed by atoms with Gasteiger partial charge in [0.15, 0.2) is 0 Å². The van der Waals surface area contributed by atoms with E-state index in [2.05, 4.69) is 41.2 Å². The largest absolute Gasteiger partial charge is 0.372 e. The molecule has 4 nitrogen and oxygen atoms in total. The lowest BCUT2D eigenvalue weighted by molar-refractivity contribution is 0.103. The topological polar surface area (TPSA) is 45.2 Å². The van der Waals surface area contributed by atoms with Crippen molar-refractivity contribution in [3.8, 4) is 0 Å². The van der Waals surface area contributed by atoms with Gasteiger partial charge in [-0.15, -0.1) is 11.3 Å². The average molecular weight is 358 g/mol. The molecule has 1 aromatic heterocycles. The normalized spacial score (nSPS) is 14.8. The molecular formula is C20H27N3OS. The summed E-state index contributed by atoms with van der Waals surface area (Å²) in [4.78, 5) is 20.2. The summed E-state index contributed by atoms with van der Waals surface area (Å²) >= 11 is 1.51. The zero-order valence-electron chi connectivity index (χ0n) is 15.3. The fraction of sp³-hybridized carbons (Fsp3) is 0.500. The van der Waals surface area contributed by atoms with E-state index in [1.165, 1.54) is 36.3 Å². The fourth-order valence-electron chi connectivity index (χ4n) is 3.20. The SMILES string of the molecule is Cc1nc(CC(C)C)sc1C(=O)Nc1ccc(N2CCCCC2)cc1. The van der Waals surface area contributed by atoms with Crippen LogP contribution in [0.5, 0.6) is 0 Å². The van der Waals surface area contributed by atoms with E-state index in [0.29, 0.717) is 5.92 Å². The summed E-state index contributed by atoms with van der Waals surface area (Å²) in [6.07, 6.45) is 4.78. The van der Waals surface area contributed by atoms with E-state index in [-0.39, 0.29) is 5.91 Å². The quantitative estimate of drug-likeness (QED) is 0.828. The van der Waals surface area contributed by atoms with Crippen LogP contribution < -0.4 is 10.2 Å². The molecule has 1 N–H and O–H groups in total. The Morgan fingerprint density at radius 2 is 1.88 bits per heavy atom. The molecule has 1 amide bonds. The molecule has 3 rings (SSSR count). The maximum absolute atomic E-state index is 12.6. The Morgan fingerprint density at radius 3 is 2.52 bits per heavy atom. The zero-order chi connectivity index (χ0) is 17.8. The Labute approximate surface area is 154 Å². The third kappa shape index (κ3) is 4.60. The molecule has 1 aliphatic rings. The van der Waals surface area contributed by atoms with Crippen molar-refractivity contribution in [3.05, 3.63) is 39.8 Å². The number of anilines is 2. The van der Waals surface area contributed by atoms with E-state index in [1.807, 2.05) is 19.1 Å². The van der Waals surface area contributed by atoms with E-state index < -0.39 is 0 Å². The molecule has 0 radical (unpaired) electrons. The van der Waals surface area contributed by atoms with E-state index in [1.54, 1.807) is 0 Å². The summed E-state index contributed by atoms with van der Waals surface area (Å²) in [5, 5.41) is 4.05. The molecule has 2 aromatic rings. The van der Waals surface area contributed by atoms with Gasteiger partial charge in [-0.05, 0) is 56.4 Å². The Balaban J connectivity index is 1.65. The van der Waals surface area contributed by atoms with E-state index in [4.69, 9.17) is 0 Å². The standard InChI is InChI=1S/C20H27N3OS/c1-14(2)13-18-21-15(3)19(25-18)20(24)22-16-7-9-17(10-8-16)23-11-5-4-6-12-23/h7-10,14H,4-6,11-13H2,1-3H3,(H,22,24). The first-order valence-corrected chi connectivity index (χ1v) is 9.97. The highest BCUT2D eigenvalue weighted by molar-refractivity contribution is 7.13. The van der Waals surface area contributed by atoms with Crippen molar-refractivity contribution in [1.29, 1.82) is 0 Å². The van der Waals surface area contributed by atoms with Gasteiger partial charge in [0.05, 0.1) is 10.7 Å². The molecule has 5 heteroatoms. The van der Waals surface area contributed by atoms with Crippen LogP contribution in [0.15, 0.2) is 24.3 Å². The molecule has 0 unspecified atom stereocenters. The van der Waals surface area contributed by atoms with Crippen molar-refractivity contribution < 1.29 is 4.79 Å². The molecule has 0 saturated carbocycles. The first kappa shape index (κ1) is 17.9. The van der Waals surface area contributed by atoms with Gasteiger partial charge in [-0.2, -0.15) is 0 Å². The Morgan fingerprint density at radius 1 is 1.20 bits per heavy atom. The van der Waals surface area contributed by atoms with Crippen molar-refractivity contribution >= 4 is 28.6 Å². The predicted molar refractivity (Wildman–Crippen MR) is 106 cm³/mol. The second-order valence-electron chi connectivity index (χ2n) is 7.17. The highest BCUT2D eigenvalue weighted by Gasteiger charge is 2.16. The summed E-state index contributed by atoms with van der Waals surface area (Å²) in [5.74, 6) is 0.486. The van der Waals surface area contributed by atoms with E-state index in [0.717, 1.165) is 40.8 Å². The van der Waals surface area contributed by atoms with Crippen LogP contribution in [0.3, 0.4) is 0 Å². The lowest BCUT2D eigenvalue weighted by Gasteiger charge is -2.28. The molecule has 0 spiro atoms. The van der Waals surface area contributed by atoms with Gasteiger partial charge >= 0.3 is 0 Å². The highest BCUT2D eigenvalue weighted by atomic mass is 32.1. The number of hydrogen-bond donors (Lipinski definition) is 1. The molecular weight excluding hydrogens is 330 g/mol. The summed E-state index contributed by atoms with van der Waals surface area (Å²) < 4.78 is 0. The molecule has 2 heterocycles. The number of nitrogens with one attached hydrogen (secondary N) is 1. The second-order valence-corrected chi connectivity index (χ2v) is 8.25. The molecule has 1 aromatic carbocycles. The number of carbonyl (C=O) groups excluding carboxylic acids is 1. The van der Waals surface area contributed by atoms with Crippen molar-refractivity contribution in [2.45, 2.75) is 46.5 Å². The number of benzene rings is 1. The van der Waals surface area contributed by atoms with Gasteiger partial charge in [-0.1, -0.05) is 13.8 Å². The van der Waals surface area contributed by atoms with Gasteiger partial charge in [0.25, 0.3) is 5.91 Å². The first-order chi connectivity index (χ1) is 12.0. The molecule has 0 aliphatic carbocycles. The number of carbonyl (C=O) groups is 1. The minimum atomic E-state index is -0.0595. The third-order valence-electron chi connectivity index (χ3n) is 4.48. The number of piperidine rings is 1. The van der Waals surface area contributed by atoms with Crippen LogP contribution in [0.1, 0.15) is 53.5 Å². The van der Waals surface area contributed by atoms with Gasteiger partial charge in [0.1, 0.15) is 4.88 Å². The van der Waals surface area contributed by atoms with Crippen LogP contribution in [0.4, 0.5) is 11.4 Å². The highest BCUT2D eigenvalue weighted by Crippen LogP contribution is 2.24. The predicted octanol–water partition coefficient (Wildman–Crippen LogP) is 4.89. The molecule has 0 bridgehead atoms. The molecule has 25 heavy (non-hydrogen) atoms.